The van der Waals surface area contributed by atoms with E-state index < -0.39 is 0 Å². The van der Waals surface area contributed by atoms with E-state index in [-0.39, 0.29) is 24.2 Å². The highest BCUT2D eigenvalue weighted by atomic mass is 35.5. The van der Waals surface area contributed by atoms with Gasteiger partial charge in [-0.25, -0.2) is 0 Å². The van der Waals surface area contributed by atoms with E-state index in [1.807, 2.05) is 4.90 Å². The van der Waals surface area contributed by atoms with Crippen molar-refractivity contribution in [2.24, 2.45) is 0 Å². The van der Waals surface area contributed by atoms with Crippen molar-refractivity contribution in [3.63, 3.8) is 0 Å². The maximum atomic E-state index is 12.5. The van der Waals surface area contributed by atoms with Crippen molar-refractivity contribution in [3.8, 4) is 6.07 Å². The first-order valence-corrected chi connectivity index (χ1v) is 9.34. The summed E-state index contributed by atoms with van der Waals surface area (Å²) in [5.74, 6) is 0.518. The minimum atomic E-state index is -0.247. The lowest BCUT2D eigenvalue weighted by molar-refractivity contribution is -0.117. The number of hydrogen-bond donors (Lipinski definition) is 1. The molecule has 2 aromatic rings. The molecule has 1 N–H and O–H groups in total. The van der Waals surface area contributed by atoms with Gasteiger partial charge in [-0.2, -0.15) is 5.26 Å². The molecule has 1 saturated heterocycles. The Morgan fingerprint density at radius 2 is 1.82 bits per heavy atom. The SMILES string of the molecule is Cc1oc(NC(=O)CN2CCN(C(=O)c3ccc(Cl)cc3)CC2)c(C#N)c1C. The summed E-state index contributed by atoms with van der Waals surface area (Å²) >= 11 is 5.86. The maximum absolute atomic E-state index is 12.5. The lowest BCUT2D eigenvalue weighted by atomic mass is 10.2. The molecule has 1 aromatic carbocycles. The number of anilines is 1. The number of nitrogens with one attached hydrogen (secondary N) is 1. The van der Waals surface area contributed by atoms with Gasteiger partial charge >= 0.3 is 0 Å². The highest BCUT2D eigenvalue weighted by molar-refractivity contribution is 6.30. The van der Waals surface area contributed by atoms with Crippen molar-refractivity contribution < 1.29 is 14.0 Å². The Morgan fingerprint density at radius 3 is 2.43 bits per heavy atom. The Kier molecular flexibility index (Phi) is 6.02. The van der Waals surface area contributed by atoms with Crippen LogP contribution in [0.1, 0.15) is 27.2 Å². The number of halogens is 1. The molecule has 0 radical (unpaired) electrons. The highest BCUT2D eigenvalue weighted by Crippen LogP contribution is 2.25. The first kappa shape index (κ1) is 19.9. The van der Waals surface area contributed by atoms with Gasteiger partial charge in [-0.05, 0) is 38.1 Å². The minimum Gasteiger partial charge on any atom is -0.444 e. The molecule has 146 valence electrons. The van der Waals surface area contributed by atoms with Crippen molar-refractivity contribution >= 4 is 29.3 Å². The summed E-state index contributed by atoms with van der Waals surface area (Å²) in [7, 11) is 0. The second-order valence-electron chi connectivity index (χ2n) is 6.72. The van der Waals surface area contributed by atoms with Crippen LogP contribution < -0.4 is 5.32 Å². The van der Waals surface area contributed by atoms with E-state index >= 15 is 0 Å². The third-order valence-electron chi connectivity index (χ3n) is 4.87. The third-order valence-corrected chi connectivity index (χ3v) is 5.12. The van der Waals surface area contributed by atoms with Crippen LogP contribution in [0.2, 0.25) is 5.02 Å². The number of carbonyl (C=O) groups excluding carboxylic acids is 2. The van der Waals surface area contributed by atoms with Gasteiger partial charge in [0.05, 0.1) is 6.54 Å². The quantitative estimate of drug-likeness (QED) is 0.852. The van der Waals surface area contributed by atoms with Crippen LogP contribution in [0.5, 0.6) is 0 Å². The fourth-order valence-electron chi connectivity index (χ4n) is 3.10. The molecule has 2 amide bonds. The fourth-order valence-corrected chi connectivity index (χ4v) is 3.23. The van der Waals surface area contributed by atoms with E-state index in [2.05, 4.69) is 11.4 Å². The monoisotopic (exact) mass is 400 g/mol. The van der Waals surface area contributed by atoms with Crippen LogP contribution in [0.25, 0.3) is 0 Å². The smallest absolute Gasteiger partial charge is 0.253 e. The average Bonchev–Trinajstić information content (AvgIpc) is 2.95. The zero-order chi connectivity index (χ0) is 20.3. The zero-order valence-corrected chi connectivity index (χ0v) is 16.5. The molecule has 1 aliphatic heterocycles. The molecule has 3 rings (SSSR count). The fraction of sp³-hybridized carbons (Fsp3) is 0.350. The number of nitrogens with zero attached hydrogens (tertiary/aromatic N) is 3. The maximum Gasteiger partial charge on any atom is 0.253 e. The van der Waals surface area contributed by atoms with Gasteiger partial charge in [-0.1, -0.05) is 11.6 Å². The zero-order valence-electron chi connectivity index (χ0n) is 15.8. The average molecular weight is 401 g/mol. The normalized spacial score (nSPS) is 14.6. The lowest BCUT2D eigenvalue weighted by Gasteiger charge is -2.34. The van der Waals surface area contributed by atoms with Gasteiger partial charge in [-0.3, -0.25) is 19.8 Å². The molecule has 1 fully saturated rings. The van der Waals surface area contributed by atoms with Gasteiger partial charge in [0.25, 0.3) is 5.91 Å². The molecule has 28 heavy (non-hydrogen) atoms. The summed E-state index contributed by atoms with van der Waals surface area (Å²) in [4.78, 5) is 28.6. The molecule has 0 unspecified atom stereocenters. The summed E-state index contributed by atoms with van der Waals surface area (Å²) in [5, 5.41) is 12.5. The van der Waals surface area contributed by atoms with Gasteiger partial charge in [0.15, 0.2) is 0 Å². The molecule has 0 saturated carbocycles. The van der Waals surface area contributed by atoms with Crippen molar-refractivity contribution in [1.29, 1.82) is 5.26 Å². The molecule has 1 aliphatic rings. The number of hydrogen-bond acceptors (Lipinski definition) is 5. The molecular weight excluding hydrogens is 380 g/mol. The first-order chi connectivity index (χ1) is 13.4. The highest BCUT2D eigenvalue weighted by Gasteiger charge is 2.24. The predicted octanol–water partition coefficient (Wildman–Crippen LogP) is 2.82. The number of amides is 2. The number of piperazine rings is 1. The van der Waals surface area contributed by atoms with Gasteiger partial charge in [0.2, 0.25) is 11.8 Å². The van der Waals surface area contributed by atoms with Crippen LogP contribution in [0.4, 0.5) is 5.88 Å². The second-order valence-corrected chi connectivity index (χ2v) is 7.16. The molecule has 2 heterocycles. The van der Waals surface area contributed by atoms with Crippen LogP contribution in [-0.2, 0) is 4.79 Å². The molecule has 0 bridgehead atoms. The predicted molar refractivity (Wildman–Crippen MR) is 105 cm³/mol. The number of nitriles is 1. The van der Waals surface area contributed by atoms with E-state index in [1.165, 1.54) is 0 Å². The summed E-state index contributed by atoms with van der Waals surface area (Å²) < 4.78 is 5.47. The summed E-state index contributed by atoms with van der Waals surface area (Å²) in [6.07, 6.45) is 0. The van der Waals surface area contributed by atoms with Crippen molar-refractivity contribution in [3.05, 3.63) is 51.7 Å². The van der Waals surface area contributed by atoms with E-state index in [9.17, 15) is 14.9 Å². The standard InChI is InChI=1S/C20H21ClN4O3/c1-13-14(2)28-19(17(13)11-22)23-18(26)12-24-7-9-25(10-8-24)20(27)15-3-5-16(21)6-4-15/h3-6H,7-10,12H2,1-2H3,(H,23,26). The molecule has 0 aliphatic carbocycles. The number of aryl methyl sites for hydroxylation is 1. The van der Waals surface area contributed by atoms with Gasteiger partial charge in [0.1, 0.15) is 17.4 Å². The van der Waals surface area contributed by atoms with Crippen LogP contribution >= 0.6 is 11.6 Å². The summed E-state index contributed by atoms with van der Waals surface area (Å²) in [6, 6.07) is 8.88. The van der Waals surface area contributed by atoms with E-state index in [1.54, 1.807) is 43.0 Å². The van der Waals surface area contributed by atoms with E-state index in [0.717, 1.165) is 5.56 Å². The molecule has 1 aromatic heterocycles. The van der Waals surface area contributed by atoms with E-state index in [4.69, 9.17) is 16.0 Å². The molecule has 0 spiro atoms. The molecular formula is C20H21ClN4O3. The Balaban J connectivity index is 1.52. The van der Waals surface area contributed by atoms with Gasteiger partial charge < -0.3 is 9.32 Å². The van der Waals surface area contributed by atoms with Crippen molar-refractivity contribution in [2.45, 2.75) is 13.8 Å². The Bertz CT molecular complexity index is 922. The van der Waals surface area contributed by atoms with E-state index in [0.29, 0.717) is 48.1 Å². The van der Waals surface area contributed by atoms with Gasteiger partial charge in [-0.15, -0.1) is 0 Å². The lowest BCUT2D eigenvalue weighted by Crippen LogP contribution is -2.50. The Hall–Kier alpha value is -2.82. The van der Waals surface area contributed by atoms with Crippen LogP contribution in [0, 0.1) is 25.2 Å². The van der Waals surface area contributed by atoms with Crippen LogP contribution in [-0.4, -0.2) is 54.3 Å². The second kappa shape index (κ2) is 8.46. The molecule has 0 atom stereocenters. The van der Waals surface area contributed by atoms with Crippen molar-refractivity contribution in [2.75, 3.05) is 38.0 Å². The topological polar surface area (TPSA) is 89.6 Å². The first-order valence-electron chi connectivity index (χ1n) is 8.96. The number of benzene rings is 1. The third kappa shape index (κ3) is 4.35. The largest absolute Gasteiger partial charge is 0.444 e. The minimum absolute atomic E-state index is 0.0408. The summed E-state index contributed by atoms with van der Waals surface area (Å²) in [5.41, 5.74) is 1.68. The Morgan fingerprint density at radius 1 is 1.18 bits per heavy atom. The number of rotatable bonds is 4. The molecule has 8 heteroatoms. The van der Waals surface area contributed by atoms with Crippen molar-refractivity contribution in [1.82, 2.24) is 9.80 Å². The van der Waals surface area contributed by atoms with Crippen LogP contribution in [0.15, 0.2) is 28.7 Å². The number of carbonyl (C=O) groups is 2. The summed E-state index contributed by atoms with van der Waals surface area (Å²) in [6.45, 7) is 5.97. The number of furan rings is 1. The van der Waals surface area contributed by atoms with Gasteiger partial charge in [0, 0.05) is 42.3 Å². The molecule has 7 nitrogen and oxygen atoms in total. The Labute approximate surface area is 168 Å². The van der Waals surface area contributed by atoms with Crippen LogP contribution in [0.3, 0.4) is 0 Å².